The Morgan fingerprint density at radius 3 is 2.72 bits per heavy atom. The van der Waals surface area contributed by atoms with Crippen molar-refractivity contribution in [3.63, 3.8) is 0 Å². The summed E-state index contributed by atoms with van der Waals surface area (Å²) in [4.78, 5) is 12.5. The molecule has 0 saturated carbocycles. The number of aromatic hydroxyl groups is 1. The van der Waals surface area contributed by atoms with Crippen LogP contribution in [0.2, 0.25) is 0 Å². The number of phenolic OH excluding ortho intramolecular Hbond substituents is 1. The van der Waals surface area contributed by atoms with Crippen molar-refractivity contribution in [2.45, 2.75) is 18.8 Å². The number of halogens is 1. The first-order valence-corrected chi connectivity index (χ1v) is 10.7. The number of phenols is 1. The number of nitrogens with zero attached hydrogens (tertiary/aromatic N) is 3. The molecule has 0 bridgehead atoms. The summed E-state index contributed by atoms with van der Waals surface area (Å²) in [6, 6.07) is 9.96. The number of rotatable bonds is 3. The minimum absolute atomic E-state index is 0.114. The van der Waals surface area contributed by atoms with Gasteiger partial charge in [0, 0.05) is 34.6 Å². The number of nitrogens with one attached hydrogen (secondary N) is 3. The predicted octanol–water partition coefficient (Wildman–Crippen LogP) is 4.48. The zero-order chi connectivity index (χ0) is 21.7. The van der Waals surface area contributed by atoms with E-state index in [0.29, 0.717) is 17.1 Å². The van der Waals surface area contributed by atoms with Crippen LogP contribution in [-0.4, -0.2) is 43.3 Å². The Bertz CT molecular complexity index is 1430. The lowest BCUT2D eigenvalue weighted by molar-refractivity contribution is 0.453. The molecule has 0 radical (unpaired) electrons. The average Bonchev–Trinajstić information content (AvgIpc) is 3.42. The third-order valence-electron chi connectivity index (χ3n) is 6.21. The fourth-order valence-electron chi connectivity index (χ4n) is 4.62. The fraction of sp³-hybridized carbons (Fsp3) is 0.208. The number of aromatic nitrogens is 5. The molecule has 0 atom stereocenters. The first-order chi connectivity index (χ1) is 15.7. The molecule has 7 nitrogen and oxygen atoms in total. The fourth-order valence-corrected chi connectivity index (χ4v) is 4.62. The van der Waals surface area contributed by atoms with Gasteiger partial charge in [-0.2, -0.15) is 5.10 Å². The van der Waals surface area contributed by atoms with Crippen LogP contribution in [0.4, 0.5) is 4.39 Å². The Kier molecular flexibility index (Phi) is 4.39. The van der Waals surface area contributed by atoms with E-state index in [1.165, 1.54) is 6.07 Å². The summed E-state index contributed by atoms with van der Waals surface area (Å²) in [5.74, 6) is -0.158. The van der Waals surface area contributed by atoms with Crippen LogP contribution in [0.25, 0.3) is 44.5 Å². The van der Waals surface area contributed by atoms with Crippen molar-refractivity contribution in [3.8, 4) is 28.3 Å². The van der Waals surface area contributed by atoms with Crippen LogP contribution in [0.3, 0.4) is 0 Å². The highest BCUT2D eigenvalue weighted by Crippen LogP contribution is 2.35. The highest BCUT2D eigenvalue weighted by molar-refractivity contribution is 5.99. The number of aromatic amines is 2. The highest BCUT2D eigenvalue weighted by atomic mass is 19.1. The largest absolute Gasteiger partial charge is 0.508 e. The summed E-state index contributed by atoms with van der Waals surface area (Å²) in [7, 11) is 0. The van der Waals surface area contributed by atoms with Crippen molar-refractivity contribution in [3.05, 3.63) is 60.3 Å². The van der Waals surface area contributed by atoms with E-state index in [2.05, 4.69) is 36.5 Å². The van der Waals surface area contributed by atoms with E-state index >= 15 is 0 Å². The number of pyridine rings is 2. The lowest BCUT2D eigenvalue weighted by atomic mass is 9.93. The monoisotopic (exact) mass is 428 g/mol. The third kappa shape index (κ3) is 3.20. The first-order valence-electron chi connectivity index (χ1n) is 10.7. The molecular weight excluding hydrogens is 407 g/mol. The van der Waals surface area contributed by atoms with Crippen molar-refractivity contribution < 1.29 is 9.50 Å². The van der Waals surface area contributed by atoms with Crippen LogP contribution in [-0.2, 0) is 0 Å². The second kappa shape index (κ2) is 7.42. The van der Waals surface area contributed by atoms with Gasteiger partial charge in [0.15, 0.2) is 0 Å². The van der Waals surface area contributed by atoms with Crippen LogP contribution >= 0.6 is 0 Å². The maximum Gasteiger partial charge on any atom is 0.138 e. The number of fused-ring (bicyclic) bond motifs is 2. The van der Waals surface area contributed by atoms with Crippen molar-refractivity contribution in [1.29, 1.82) is 0 Å². The van der Waals surface area contributed by atoms with E-state index in [9.17, 15) is 9.50 Å². The summed E-state index contributed by atoms with van der Waals surface area (Å²) in [5.41, 5.74) is 5.61. The molecular formula is C24H21FN6O. The van der Waals surface area contributed by atoms with Crippen LogP contribution in [0.5, 0.6) is 5.75 Å². The van der Waals surface area contributed by atoms with E-state index in [0.717, 1.165) is 70.9 Å². The van der Waals surface area contributed by atoms with E-state index < -0.39 is 5.82 Å². The number of benzene rings is 1. The average molecular weight is 428 g/mol. The molecule has 5 aromatic rings. The molecule has 5 heterocycles. The maximum atomic E-state index is 13.9. The molecule has 32 heavy (non-hydrogen) atoms. The van der Waals surface area contributed by atoms with Gasteiger partial charge in [-0.3, -0.25) is 10.1 Å². The second-order valence-electron chi connectivity index (χ2n) is 8.25. The molecule has 4 aromatic heterocycles. The van der Waals surface area contributed by atoms with Crippen molar-refractivity contribution in [2.75, 3.05) is 13.1 Å². The molecule has 0 amide bonds. The summed E-state index contributed by atoms with van der Waals surface area (Å²) in [5, 5.41) is 22.7. The van der Waals surface area contributed by atoms with Crippen molar-refractivity contribution in [2.24, 2.45) is 0 Å². The SMILES string of the molecule is Oc1cc(F)cc(-c2ccnc3[nH]c(-c4n[nH]c5cnc(C6CCNCC6)cc45)cc23)c1. The van der Waals surface area contributed by atoms with Crippen molar-refractivity contribution in [1.82, 2.24) is 30.5 Å². The molecule has 1 aliphatic heterocycles. The van der Waals surface area contributed by atoms with Crippen LogP contribution in [0.15, 0.2) is 48.8 Å². The van der Waals surface area contributed by atoms with Gasteiger partial charge in [0.05, 0.1) is 17.4 Å². The first kappa shape index (κ1) is 18.9. The van der Waals surface area contributed by atoms with Gasteiger partial charge in [0.1, 0.15) is 22.9 Å². The molecule has 1 aliphatic rings. The minimum Gasteiger partial charge on any atom is -0.508 e. The van der Waals surface area contributed by atoms with Crippen LogP contribution in [0.1, 0.15) is 24.5 Å². The predicted molar refractivity (Wildman–Crippen MR) is 121 cm³/mol. The minimum atomic E-state index is -0.489. The van der Waals surface area contributed by atoms with Gasteiger partial charge in [-0.15, -0.1) is 0 Å². The zero-order valence-electron chi connectivity index (χ0n) is 17.2. The molecule has 0 unspecified atom stereocenters. The van der Waals surface area contributed by atoms with Gasteiger partial charge < -0.3 is 15.4 Å². The number of hydrogen-bond acceptors (Lipinski definition) is 5. The van der Waals surface area contributed by atoms with E-state index in [1.54, 1.807) is 12.3 Å². The normalized spacial score (nSPS) is 15.0. The molecule has 4 N–H and O–H groups in total. The Hall–Kier alpha value is -3.78. The molecule has 6 rings (SSSR count). The lowest BCUT2D eigenvalue weighted by Crippen LogP contribution is -2.27. The summed E-state index contributed by atoms with van der Waals surface area (Å²) in [6.45, 7) is 2.02. The molecule has 1 fully saturated rings. The van der Waals surface area contributed by atoms with Crippen LogP contribution in [0, 0.1) is 5.82 Å². The Labute approximate surface area is 182 Å². The van der Waals surface area contributed by atoms with Gasteiger partial charge in [-0.1, -0.05) is 0 Å². The summed E-state index contributed by atoms with van der Waals surface area (Å²) >= 11 is 0. The van der Waals surface area contributed by atoms with Gasteiger partial charge in [0.25, 0.3) is 0 Å². The smallest absolute Gasteiger partial charge is 0.138 e. The molecule has 1 saturated heterocycles. The van der Waals surface area contributed by atoms with Crippen LogP contribution < -0.4 is 5.32 Å². The second-order valence-corrected chi connectivity index (χ2v) is 8.25. The number of H-pyrrole nitrogens is 2. The molecule has 0 spiro atoms. The third-order valence-corrected chi connectivity index (χ3v) is 6.21. The van der Waals surface area contributed by atoms with Crippen molar-refractivity contribution >= 4 is 21.9 Å². The quantitative estimate of drug-likeness (QED) is 0.339. The molecule has 0 aliphatic carbocycles. The number of hydrogen-bond donors (Lipinski definition) is 4. The lowest BCUT2D eigenvalue weighted by Gasteiger charge is -2.22. The highest BCUT2D eigenvalue weighted by Gasteiger charge is 2.19. The number of piperidine rings is 1. The Morgan fingerprint density at radius 2 is 1.88 bits per heavy atom. The molecule has 8 heteroatoms. The van der Waals surface area contributed by atoms with Gasteiger partial charge >= 0.3 is 0 Å². The van der Waals surface area contributed by atoms with Gasteiger partial charge in [0.2, 0.25) is 0 Å². The topological polar surface area (TPSA) is 103 Å². The molecule has 160 valence electrons. The van der Waals surface area contributed by atoms with E-state index in [1.807, 2.05) is 18.3 Å². The standard InChI is InChI=1S/C24H21FN6O/c25-15-7-14(8-16(32)9-15)17-3-6-27-24-18(17)10-21(29-24)23-19-11-20(13-1-4-26-5-2-13)28-12-22(19)30-31-23/h3,6-13,26,32H,1-2,4-5H2,(H,27,29)(H,30,31). The summed E-state index contributed by atoms with van der Waals surface area (Å²) in [6.07, 6.45) is 5.67. The Balaban J connectivity index is 1.47. The van der Waals surface area contributed by atoms with E-state index in [4.69, 9.17) is 0 Å². The van der Waals surface area contributed by atoms with E-state index in [-0.39, 0.29) is 5.75 Å². The maximum absolute atomic E-state index is 13.9. The zero-order valence-corrected chi connectivity index (χ0v) is 17.2. The summed E-state index contributed by atoms with van der Waals surface area (Å²) < 4.78 is 13.9. The molecule has 1 aromatic carbocycles. The van der Waals surface area contributed by atoms with Gasteiger partial charge in [-0.25, -0.2) is 9.37 Å². The Morgan fingerprint density at radius 1 is 1.00 bits per heavy atom. The van der Waals surface area contributed by atoms with Gasteiger partial charge in [-0.05, 0) is 67.4 Å².